The Morgan fingerprint density at radius 3 is 2.15 bits per heavy atom. The van der Waals surface area contributed by atoms with E-state index in [9.17, 15) is 13.9 Å². The van der Waals surface area contributed by atoms with Crippen LogP contribution >= 0.6 is 0 Å². The number of rotatable bonds is 1. The first kappa shape index (κ1) is 9.34. The summed E-state index contributed by atoms with van der Waals surface area (Å²) in [5, 5.41) is 9.23. The van der Waals surface area contributed by atoms with Gasteiger partial charge in [0.25, 0.3) is 5.92 Å². The summed E-state index contributed by atoms with van der Waals surface area (Å²) in [4.78, 5) is 2.09. The SMILES string of the molecule is OC1CCN(C2CC(F)(F)C2)CC1. The molecule has 0 spiro atoms. The van der Waals surface area contributed by atoms with E-state index >= 15 is 0 Å². The molecule has 0 atom stereocenters. The minimum atomic E-state index is -2.42. The van der Waals surface area contributed by atoms with Crippen molar-refractivity contribution in [3.8, 4) is 0 Å². The average molecular weight is 191 g/mol. The monoisotopic (exact) mass is 191 g/mol. The molecular formula is C9H15F2NO. The largest absolute Gasteiger partial charge is 0.393 e. The molecule has 1 aliphatic carbocycles. The van der Waals surface area contributed by atoms with Gasteiger partial charge in [0.05, 0.1) is 6.10 Å². The maximum Gasteiger partial charge on any atom is 0.251 e. The van der Waals surface area contributed by atoms with Gasteiger partial charge < -0.3 is 5.11 Å². The number of aliphatic hydroxyl groups excluding tert-OH is 1. The second-order valence-corrected chi connectivity index (χ2v) is 4.19. The molecule has 0 radical (unpaired) electrons. The third-order valence-electron chi connectivity index (χ3n) is 3.08. The molecule has 0 aromatic rings. The highest BCUT2D eigenvalue weighted by Crippen LogP contribution is 2.41. The van der Waals surface area contributed by atoms with Gasteiger partial charge in [-0.1, -0.05) is 0 Å². The van der Waals surface area contributed by atoms with Gasteiger partial charge in [0.1, 0.15) is 0 Å². The van der Waals surface area contributed by atoms with Crippen molar-refractivity contribution in [3.05, 3.63) is 0 Å². The van der Waals surface area contributed by atoms with Crippen molar-refractivity contribution in [3.63, 3.8) is 0 Å². The summed E-state index contributed by atoms with van der Waals surface area (Å²) in [5.41, 5.74) is 0. The predicted molar refractivity (Wildman–Crippen MR) is 44.8 cm³/mol. The van der Waals surface area contributed by atoms with Crippen LogP contribution in [0.3, 0.4) is 0 Å². The summed E-state index contributed by atoms with van der Waals surface area (Å²) in [6, 6.07) is 0.0718. The first-order valence-electron chi connectivity index (χ1n) is 4.87. The van der Waals surface area contributed by atoms with Gasteiger partial charge in [0.2, 0.25) is 0 Å². The number of alkyl halides is 2. The lowest BCUT2D eigenvalue weighted by Crippen LogP contribution is -2.53. The molecule has 76 valence electrons. The quantitative estimate of drug-likeness (QED) is 0.674. The van der Waals surface area contributed by atoms with E-state index in [1.54, 1.807) is 0 Å². The highest BCUT2D eigenvalue weighted by molar-refractivity contribution is 4.94. The van der Waals surface area contributed by atoms with E-state index in [1.165, 1.54) is 0 Å². The Kier molecular flexibility index (Phi) is 2.28. The minimum absolute atomic E-state index is 0.0170. The second kappa shape index (κ2) is 3.17. The number of hydrogen-bond acceptors (Lipinski definition) is 2. The number of piperidine rings is 1. The second-order valence-electron chi connectivity index (χ2n) is 4.19. The van der Waals surface area contributed by atoms with Gasteiger partial charge in [-0.25, -0.2) is 8.78 Å². The molecule has 1 saturated heterocycles. The van der Waals surface area contributed by atoms with E-state index in [0.29, 0.717) is 0 Å². The fourth-order valence-electron chi connectivity index (χ4n) is 2.14. The Labute approximate surface area is 76.5 Å². The topological polar surface area (TPSA) is 23.5 Å². The van der Waals surface area contributed by atoms with Crippen LogP contribution in [-0.2, 0) is 0 Å². The smallest absolute Gasteiger partial charge is 0.251 e. The van der Waals surface area contributed by atoms with Crippen LogP contribution in [0.5, 0.6) is 0 Å². The van der Waals surface area contributed by atoms with E-state index in [0.717, 1.165) is 25.9 Å². The van der Waals surface area contributed by atoms with E-state index in [-0.39, 0.29) is 25.0 Å². The van der Waals surface area contributed by atoms with Crippen molar-refractivity contribution < 1.29 is 13.9 Å². The first-order chi connectivity index (χ1) is 6.07. The van der Waals surface area contributed by atoms with Gasteiger partial charge in [-0.05, 0) is 12.8 Å². The maximum absolute atomic E-state index is 12.5. The van der Waals surface area contributed by atoms with Gasteiger partial charge in [-0.15, -0.1) is 0 Å². The number of hydrogen-bond donors (Lipinski definition) is 1. The third kappa shape index (κ3) is 1.99. The molecule has 0 amide bonds. The molecule has 0 aromatic heterocycles. The summed E-state index contributed by atoms with van der Waals surface area (Å²) >= 11 is 0. The van der Waals surface area contributed by atoms with Crippen molar-refractivity contribution in [1.29, 1.82) is 0 Å². The molecule has 2 fully saturated rings. The molecule has 2 aliphatic rings. The molecule has 4 heteroatoms. The molecule has 1 aliphatic heterocycles. The number of nitrogens with zero attached hydrogens (tertiary/aromatic N) is 1. The Balaban J connectivity index is 1.78. The van der Waals surface area contributed by atoms with Crippen molar-refractivity contribution in [2.45, 2.75) is 43.8 Å². The van der Waals surface area contributed by atoms with Crippen LogP contribution in [0.1, 0.15) is 25.7 Å². The molecule has 2 nitrogen and oxygen atoms in total. The lowest BCUT2D eigenvalue weighted by molar-refractivity contribution is -0.130. The van der Waals surface area contributed by atoms with Crippen molar-refractivity contribution in [1.82, 2.24) is 4.90 Å². The minimum Gasteiger partial charge on any atom is -0.393 e. The standard InChI is InChI=1S/C9H15F2NO/c10-9(11)5-7(6-9)12-3-1-8(13)2-4-12/h7-8,13H,1-6H2. The molecular weight excluding hydrogens is 176 g/mol. The van der Waals surface area contributed by atoms with Gasteiger partial charge in [0, 0.05) is 32.0 Å². The zero-order valence-electron chi connectivity index (χ0n) is 7.55. The fourth-order valence-corrected chi connectivity index (χ4v) is 2.14. The zero-order valence-corrected chi connectivity index (χ0v) is 7.55. The normalized spacial score (nSPS) is 31.6. The van der Waals surface area contributed by atoms with Crippen LogP contribution in [0.25, 0.3) is 0 Å². The number of likely N-dealkylation sites (tertiary alicyclic amines) is 1. The summed E-state index contributed by atoms with van der Waals surface area (Å²) in [5.74, 6) is -2.42. The zero-order chi connectivity index (χ0) is 9.47. The Morgan fingerprint density at radius 1 is 1.15 bits per heavy atom. The van der Waals surface area contributed by atoms with Crippen LogP contribution in [-0.4, -0.2) is 41.2 Å². The number of aliphatic hydroxyl groups is 1. The predicted octanol–water partition coefficient (Wildman–Crippen LogP) is 1.24. The van der Waals surface area contributed by atoms with Gasteiger partial charge in [-0.2, -0.15) is 0 Å². The van der Waals surface area contributed by atoms with Crippen molar-refractivity contribution >= 4 is 0 Å². The van der Waals surface area contributed by atoms with Crippen molar-refractivity contribution in [2.24, 2.45) is 0 Å². The van der Waals surface area contributed by atoms with E-state index in [2.05, 4.69) is 4.90 Å². The lowest BCUT2D eigenvalue weighted by atomic mass is 9.85. The summed E-state index contributed by atoms with van der Waals surface area (Å²) < 4.78 is 25.1. The average Bonchev–Trinajstić information content (AvgIpc) is 2.01. The van der Waals surface area contributed by atoms with Crippen LogP contribution in [0, 0.1) is 0 Å². The van der Waals surface area contributed by atoms with Crippen LogP contribution in [0.4, 0.5) is 8.78 Å². The highest BCUT2D eigenvalue weighted by atomic mass is 19.3. The highest BCUT2D eigenvalue weighted by Gasteiger charge is 2.48. The molecule has 13 heavy (non-hydrogen) atoms. The molecule has 2 rings (SSSR count). The van der Waals surface area contributed by atoms with Gasteiger partial charge in [0.15, 0.2) is 0 Å². The van der Waals surface area contributed by atoms with Crippen molar-refractivity contribution in [2.75, 3.05) is 13.1 Å². The molecule has 1 saturated carbocycles. The van der Waals surface area contributed by atoms with E-state index < -0.39 is 5.92 Å². The van der Waals surface area contributed by atoms with E-state index in [1.807, 2.05) is 0 Å². The molecule has 0 aromatic carbocycles. The van der Waals surface area contributed by atoms with Gasteiger partial charge in [-0.3, -0.25) is 4.90 Å². The first-order valence-corrected chi connectivity index (χ1v) is 4.87. The molecule has 0 unspecified atom stereocenters. The molecule has 0 bridgehead atoms. The molecule has 1 heterocycles. The summed E-state index contributed by atoms with van der Waals surface area (Å²) in [7, 11) is 0. The Hall–Kier alpha value is -0.220. The van der Waals surface area contributed by atoms with Crippen LogP contribution in [0.2, 0.25) is 0 Å². The van der Waals surface area contributed by atoms with Crippen LogP contribution in [0.15, 0.2) is 0 Å². The molecule has 1 N–H and O–H groups in total. The van der Waals surface area contributed by atoms with E-state index in [4.69, 9.17) is 0 Å². The van der Waals surface area contributed by atoms with Crippen LogP contribution < -0.4 is 0 Å². The number of halogens is 2. The maximum atomic E-state index is 12.5. The lowest BCUT2D eigenvalue weighted by Gasteiger charge is -2.44. The summed E-state index contributed by atoms with van der Waals surface area (Å²) in [6.07, 6.45) is 1.30. The Morgan fingerprint density at radius 2 is 1.69 bits per heavy atom. The Bertz CT molecular complexity index is 182. The van der Waals surface area contributed by atoms with Gasteiger partial charge >= 0.3 is 0 Å². The third-order valence-corrected chi connectivity index (χ3v) is 3.08. The summed E-state index contributed by atoms with van der Waals surface area (Å²) in [6.45, 7) is 1.56. The fraction of sp³-hybridized carbons (Fsp3) is 1.00.